The highest BCUT2D eigenvalue weighted by Crippen LogP contribution is 2.40. The first-order chi connectivity index (χ1) is 36.6. The number of benzene rings is 7. The largest absolute Gasteiger partial charge is 0.496 e. The first-order valence-electron chi connectivity index (χ1n) is 24.6. The van der Waals surface area contributed by atoms with Gasteiger partial charge >= 0.3 is 0 Å². The second-order valence-electron chi connectivity index (χ2n) is 18.6. The van der Waals surface area contributed by atoms with Crippen LogP contribution >= 0.6 is 31.9 Å². The molecule has 7 aromatic carbocycles. The van der Waals surface area contributed by atoms with Gasteiger partial charge in [0.1, 0.15) is 29.6 Å². The Hall–Kier alpha value is -7.64. The summed E-state index contributed by atoms with van der Waals surface area (Å²) in [6, 6.07) is 33.9. The molecule has 0 fully saturated rings. The number of ether oxygens (including phenoxy) is 2. The number of para-hydroxylation sites is 4. The molecule has 0 spiro atoms. The summed E-state index contributed by atoms with van der Waals surface area (Å²) in [4.78, 5) is 93.2. The molecule has 2 aliphatic rings. The van der Waals surface area contributed by atoms with Crippen molar-refractivity contribution in [1.82, 2.24) is 21.3 Å². The SMILES string of the molecule is CN[C@@H](C)C(=O)N[C@H]1CN(C(=O)c2cccc(C(=O)C3Nc4ccccc4N(Cc4c(OC)ccc5cc(Br)ccc45)C(=O)[C@H]3NC(=O)[C@H](C)NC)c2)c2ccccc2N(Cc2c(OC)ccc3cc(Br)ccc23)C1=O. The minimum absolute atomic E-state index is 0.0124. The number of amides is 5. The number of methoxy groups -OCH3 is 2. The van der Waals surface area contributed by atoms with Crippen molar-refractivity contribution in [3.05, 3.63) is 165 Å². The van der Waals surface area contributed by atoms with Gasteiger partial charge in [-0.2, -0.15) is 0 Å². The maximum atomic E-state index is 15.4. The van der Waals surface area contributed by atoms with E-state index >= 15 is 19.2 Å². The summed E-state index contributed by atoms with van der Waals surface area (Å²) in [6.45, 7) is 3.07. The van der Waals surface area contributed by atoms with E-state index in [1.165, 1.54) is 11.0 Å². The molecule has 18 heteroatoms. The number of likely N-dealkylation sites (N-methyl/N-ethyl adjacent to an activating group) is 2. The van der Waals surface area contributed by atoms with Gasteiger partial charge in [0.15, 0.2) is 5.78 Å². The molecule has 5 N–H and O–H groups in total. The van der Waals surface area contributed by atoms with Gasteiger partial charge in [-0.25, -0.2) is 0 Å². The van der Waals surface area contributed by atoms with Crippen LogP contribution in [0, 0.1) is 0 Å². The van der Waals surface area contributed by atoms with E-state index in [-0.39, 0.29) is 30.8 Å². The molecule has 2 heterocycles. The first-order valence-corrected chi connectivity index (χ1v) is 26.2. The molecule has 5 atom stereocenters. The first kappa shape index (κ1) is 53.2. The summed E-state index contributed by atoms with van der Waals surface area (Å²) in [6.07, 6.45) is 0. The zero-order chi connectivity index (χ0) is 53.9. The van der Waals surface area contributed by atoms with Crippen LogP contribution in [0.15, 0.2) is 142 Å². The lowest BCUT2D eigenvalue weighted by Crippen LogP contribution is -2.59. The smallest absolute Gasteiger partial charge is 0.258 e. The van der Waals surface area contributed by atoms with Gasteiger partial charge in [-0.15, -0.1) is 0 Å². The number of nitrogens with zero attached hydrogens (tertiary/aromatic N) is 3. The van der Waals surface area contributed by atoms with Gasteiger partial charge in [0.25, 0.3) is 17.7 Å². The minimum Gasteiger partial charge on any atom is -0.496 e. The summed E-state index contributed by atoms with van der Waals surface area (Å²) >= 11 is 7.14. The van der Waals surface area contributed by atoms with E-state index < -0.39 is 65.5 Å². The van der Waals surface area contributed by atoms with E-state index in [1.807, 2.05) is 60.7 Å². The number of hydrogen-bond donors (Lipinski definition) is 5. The number of anilines is 4. The van der Waals surface area contributed by atoms with Crippen molar-refractivity contribution >= 4 is 111 Å². The fourth-order valence-electron chi connectivity index (χ4n) is 9.78. The van der Waals surface area contributed by atoms with Crippen molar-refractivity contribution in [2.75, 3.05) is 54.9 Å². The molecule has 2 aliphatic heterocycles. The number of ketones is 1. The molecule has 16 nitrogen and oxygen atoms in total. The molecular formula is C58H56Br2N8O8. The molecule has 7 aromatic rings. The third kappa shape index (κ3) is 10.5. The molecule has 0 aromatic heterocycles. The van der Waals surface area contributed by atoms with Crippen molar-refractivity contribution in [1.29, 1.82) is 0 Å². The average molecular weight is 1150 g/mol. The van der Waals surface area contributed by atoms with E-state index in [0.717, 1.165) is 30.5 Å². The molecule has 0 radical (unpaired) electrons. The number of halogens is 2. The standard InChI is InChI=1S/C58H56Br2N8O8/c1-32(61-3)54(70)64-45-31-68(48-17-10-9-16-47(48)67(57(45)73)30-43-41-23-21-39(60)28-35(41)19-25-50(43)76-6)56(72)37-13-11-12-36(26-37)53(69)51-52(65-55(71)33(2)62-4)58(74)66(46-15-8-7-14-44(46)63-51)29-42-40-22-20-38(59)27-34(40)18-24-49(42)75-5/h7-28,32-33,45,51-52,61-63H,29-31H2,1-6H3,(H,64,70)(H,65,71)/t32-,33-,45-,51?,52-/m0/s1. The Bertz CT molecular complexity index is 3450. The lowest BCUT2D eigenvalue weighted by molar-refractivity contribution is -0.128. The molecule has 76 heavy (non-hydrogen) atoms. The molecule has 1 unspecified atom stereocenters. The molecular weight excluding hydrogens is 1100 g/mol. The van der Waals surface area contributed by atoms with Crippen LogP contribution in [0.25, 0.3) is 21.5 Å². The Balaban J connectivity index is 1.10. The number of fused-ring (bicyclic) bond motifs is 4. The van der Waals surface area contributed by atoms with Crippen molar-refractivity contribution in [3.63, 3.8) is 0 Å². The van der Waals surface area contributed by atoms with Crippen molar-refractivity contribution in [3.8, 4) is 11.5 Å². The Kier molecular flexibility index (Phi) is 15.9. The predicted octanol–water partition coefficient (Wildman–Crippen LogP) is 8.12. The van der Waals surface area contributed by atoms with Crippen LogP contribution in [0.5, 0.6) is 11.5 Å². The molecule has 9 rings (SSSR count). The zero-order valence-electron chi connectivity index (χ0n) is 42.6. The van der Waals surface area contributed by atoms with Crippen LogP contribution in [0.1, 0.15) is 45.7 Å². The summed E-state index contributed by atoms with van der Waals surface area (Å²) in [5, 5.41) is 18.5. The highest BCUT2D eigenvalue weighted by Gasteiger charge is 2.43. The van der Waals surface area contributed by atoms with Gasteiger partial charge < -0.3 is 50.8 Å². The molecule has 0 saturated carbocycles. The second-order valence-corrected chi connectivity index (χ2v) is 20.5. The number of rotatable bonds is 15. The topological polar surface area (TPSA) is 191 Å². The van der Waals surface area contributed by atoms with E-state index in [9.17, 15) is 9.59 Å². The van der Waals surface area contributed by atoms with Crippen molar-refractivity contribution < 1.29 is 38.2 Å². The van der Waals surface area contributed by atoms with Crippen LogP contribution in [0.2, 0.25) is 0 Å². The fraction of sp³-hybridized carbons (Fsp3) is 0.241. The Morgan fingerprint density at radius 1 is 0.618 bits per heavy atom. The van der Waals surface area contributed by atoms with Crippen LogP contribution in [0.4, 0.5) is 22.7 Å². The number of hydrogen-bond acceptors (Lipinski definition) is 11. The highest BCUT2D eigenvalue weighted by molar-refractivity contribution is 9.10. The van der Waals surface area contributed by atoms with E-state index in [0.29, 0.717) is 45.4 Å². The van der Waals surface area contributed by atoms with Crippen LogP contribution in [0.3, 0.4) is 0 Å². The molecule has 0 aliphatic carbocycles. The number of nitrogens with one attached hydrogen (secondary N) is 5. The molecule has 0 bridgehead atoms. The lowest BCUT2D eigenvalue weighted by Gasteiger charge is -2.30. The van der Waals surface area contributed by atoms with E-state index in [4.69, 9.17) is 9.47 Å². The summed E-state index contributed by atoms with van der Waals surface area (Å²) in [5.41, 5.74) is 3.25. The Labute approximate surface area is 456 Å². The third-order valence-corrected chi connectivity index (χ3v) is 15.1. The van der Waals surface area contributed by atoms with Gasteiger partial charge in [-0.1, -0.05) is 92.5 Å². The quantitative estimate of drug-likeness (QED) is 0.0624. The predicted molar refractivity (Wildman–Crippen MR) is 302 cm³/mol. The molecule has 0 saturated heterocycles. The summed E-state index contributed by atoms with van der Waals surface area (Å²) < 4.78 is 13.5. The second kappa shape index (κ2) is 22.7. The van der Waals surface area contributed by atoms with Crippen LogP contribution in [-0.4, -0.2) is 100 Å². The van der Waals surface area contributed by atoms with Crippen LogP contribution < -0.4 is 50.8 Å². The van der Waals surface area contributed by atoms with Gasteiger partial charge in [0.2, 0.25) is 11.8 Å². The fourth-order valence-corrected chi connectivity index (χ4v) is 10.5. The summed E-state index contributed by atoms with van der Waals surface area (Å²) in [7, 11) is 6.37. The molecule has 390 valence electrons. The van der Waals surface area contributed by atoms with E-state index in [2.05, 4.69) is 58.4 Å². The van der Waals surface area contributed by atoms with Gasteiger partial charge in [-0.3, -0.25) is 28.8 Å². The van der Waals surface area contributed by atoms with Crippen molar-refractivity contribution in [2.45, 2.75) is 57.1 Å². The van der Waals surface area contributed by atoms with Gasteiger partial charge in [0, 0.05) is 31.2 Å². The summed E-state index contributed by atoms with van der Waals surface area (Å²) in [5.74, 6) is -2.10. The van der Waals surface area contributed by atoms with Crippen LogP contribution in [-0.2, 0) is 32.3 Å². The number of carbonyl (C=O) groups is 6. The highest BCUT2D eigenvalue weighted by atomic mass is 79.9. The monoisotopic (exact) mass is 1150 g/mol. The van der Waals surface area contributed by atoms with Crippen molar-refractivity contribution in [2.24, 2.45) is 0 Å². The maximum absolute atomic E-state index is 15.4. The number of Topliss-reactive ketones (excluding diaryl/α,β-unsaturated/α-hetero) is 1. The Morgan fingerprint density at radius 2 is 1.14 bits per heavy atom. The normalized spacial score (nSPS) is 17.2. The van der Waals surface area contributed by atoms with E-state index in [1.54, 1.807) is 119 Å². The zero-order valence-corrected chi connectivity index (χ0v) is 45.7. The molecule has 5 amide bonds. The minimum atomic E-state index is -1.46. The van der Waals surface area contributed by atoms with Gasteiger partial charge in [-0.05, 0) is 122 Å². The Morgan fingerprint density at radius 3 is 1.72 bits per heavy atom. The average Bonchev–Trinajstić information content (AvgIpc) is 3.64. The number of carbonyl (C=O) groups excluding carboxylic acids is 6. The lowest BCUT2D eigenvalue weighted by atomic mass is 9.95. The van der Waals surface area contributed by atoms with Gasteiger partial charge in [0.05, 0.1) is 68.7 Å². The maximum Gasteiger partial charge on any atom is 0.258 e. The third-order valence-electron chi connectivity index (χ3n) is 14.1.